The van der Waals surface area contributed by atoms with Gasteiger partial charge < -0.3 is 4.40 Å². The van der Waals surface area contributed by atoms with Gasteiger partial charge in [0.25, 0.3) is 0 Å². The minimum absolute atomic E-state index is 0.370. The molecule has 5 rings (SSSR count). The Hall–Kier alpha value is -2.50. The van der Waals surface area contributed by atoms with Crippen molar-refractivity contribution in [3.8, 4) is 10.4 Å². The van der Waals surface area contributed by atoms with Crippen LogP contribution in [0, 0.1) is 0 Å². The van der Waals surface area contributed by atoms with E-state index in [0.717, 1.165) is 25.2 Å². The van der Waals surface area contributed by atoms with Crippen LogP contribution in [0.25, 0.3) is 16.0 Å². The number of thiophene rings is 1. The van der Waals surface area contributed by atoms with E-state index in [4.69, 9.17) is 4.98 Å². The summed E-state index contributed by atoms with van der Waals surface area (Å²) < 4.78 is 2.17. The van der Waals surface area contributed by atoms with Gasteiger partial charge in [-0.25, -0.2) is 4.98 Å². The third-order valence-electron chi connectivity index (χ3n) is 5.14. The molecule has 0 saturated carbocycles. The second-order valence-electron chi connectivity index (χ2n) is 6.77. The Morgan fingerprint density at radius 2 is 2.08 bits per heavy atom. The maximum absolute atomic E-state index is 4.80. The molecule has 5 heterocycles. The molecule has 1 saturated heterocycles. The van der Waals surface area contributed by atoms with Crippen LogP contribution in [-0.4, -0.2) is 25.8 Å². The summed E-state index contributed by atoms with van der Waals surface area (Å²) in [6.45, 7) is 1.99. The average Bonchev–Trinajstić information content (AvgIpc) is 3.42. The molecule has 0 amide bonds. The summed E-state index contributed by atoms with van der Waals surface area (Å²) in [5, 5.41) is 2.12. The number of hydrogen-bond acceptors (Lipinski definition) is 4. The second-order valence-corrected chi connectivity index (χ2v) is 7.71. The monoisotopic (exact) mass is 360 g/mol. The van der Waals surface area contributed by atoms with E-state index in [1.807, 2.05) is 18.6 Å². The molecule has 0 aromatic carbocycles. The van der Waals surface area contributed by atoms with Gasteiger partial charge in [-0.1, -0.05) is 12.1 Å². The molecule has 4 aromatic heterocycles. The van der Waals surface area contributed by atoms with Crippen LogP contribution in [0.5, 0.6) is 0 Å². The summed E-state index contributed by atoms with van der Waals surface area (Å²) in [7, 11) is 0. The maximum Gasteiger partial charge on any atom is 0.0996 e. The zero-order chi connectivity index (χ0) is 17.3. The molecule has 0 aliphatic carbocycles. The first kappa shape index (κ1) is 15.7. The molecule has 0 N–H and O–H groups in total. The van der Waals surface area contributed by atoms with Crippen molar-refractivity contribution in [3.05, 3.63) is 78.0 Å². The highest BCUT2D eigenvalue weighted by Gasteiger charge is 2.29. The van der Waals surface area contributed by atoms with Crippen LogP contribution in [-0.2, 0) is 6.54 Å². The fourth-order valence-corrected chi connectivity index (χ4v) is 4.61. The van der Waals surface area contributed by atoms with Gasteiger partial charge in [0, 0.05) is 29.4 Å². The van der Waals surface area contributed by atoms with E-state index < -0.39 is 0 Å². The maximum atomic E-state index is 4.80. The van der Waals surface area contributed by atoms with Crippen LogP contribution >= 0.6 is 11.3 Å². The van der Waals surface area contributed by atoms with E-state index in [9.17, 15) is 0 Å². The summed E-state index contributed by atoms with van der Waals surface area (Å²) in [6.07, 6.45) is 8.39. The quantitative estimate of drug-likeness (QED) is 0.524. The Bertz CT molecular complexity index is 1010. The topological polar surface area (TPSA) is 33.4 Å². The van der Waals surface area contributed by atoms with Crippen LogP contribution in [0.4, 0.5) is 0 Å². The minimum Gasteiger partial charge on any atom is -0.305 e. The van der Waals surface area contributed by atoms with Crippen molar-refractivity contribution in [1.82, 2.24) is 19.3 Å². The van der Waals surface area contributed by atoms with Gasteiger partial charge >= 0.3 is 0 Å². The van der Waals surface area contributed by atoms with Crippen molar-refractivity contribution in [1.29, 1.82) is 0 Å². The number of likely N-dealkylation sites (tertiary alicyclic amines) is 1. The van der Waals surface area contributed by atoms with Gasteiger partial charge in [-0.2, -0.15) is 0 Å². The van der Waals surface area contributed by atoms with Crippen LogP contribution in [0.3, 0.4) is 0 Å². The number of fused-ring (bicyclic) bond motifs is 1. The molecule has 5 heteroatoms. The molecule has 1 fully saturated rings. The van der Waals surface area contributed by atoms with Gasteiger partial charge in [-0.3, -0.25) is 9.88 Å². The molecule has 26 heavy (non-hydrogen) atoms. The first-order chi connectivity index (χ1) is 12.9. The van der Waals surface area contributed by atoms with Crippen LogP contribution in [0.15, 0.2) is 66.6 Å². The summed E-state index contributed by atoms with van der Waals surface area (Å²) in [6, 6.07) is 15.2. The standard InChI is InChI=1S/C21H20N4S/c1-2-10-22-17(5-1)14-24-11-3-6-18(24)21-19-9-8-16(13-25(19)15-23-21)20-7-4-12-26-20/h1-2,4-5,7-10,12-13,15,18H,3,6,11,14H2/t18-/m1/s1. The largest absolute Gasteiger partial charge is 0.305 e. The predicted octanol–water partition coefficient (Wildman–Crippen LogP) is 4.79. The van der Waals surface area contributed by atoms with E-state index in [-0.39, 0.29) is 0 Å². The molecular weight excluding hydrogens is 340 g/mol. The first-order valence-corrected chi connectivity index (χ1v) is 9.91. The molecule has 0 radical (unpaired) electrons. The number of aromatic nitrogens is 3. The highest BCUT2D eigenvalue weighted by molar-refractivity contribution is 7.13. The molecule has 0 bridgehead atoms. The Balaban J connectivity index is 1.46. The zero-order valence-electron chi connectivity index (χ0n) is 14.5. The summed E-state index contributed by atoms with van der Waals surface area (Å²) in [5.74, 6) is 0. The SMILES string of the molecule is c1ccc(CN2CCC[C@@H]2c2ncn3cc(-c4cccs4)ccc23)nc1. The number of rotatable bonds is 4. The third-order valence-corrected chi connectivity index (χ3v) is 6.06. The Labute approximate surface area is 156 Å². The van der Waals surface area contributed by atoms with Gasteiger partial charge in [0.2, 0.25) is 0 Å². The lowest BCUT2D eigenvalue weighted by atomic mass is 10.1. The Morgan fingerprint density at radius 1 is 1.08 bits per heavy atom. The molecule has 1 atom stereocenters. The van der Waals surface area contributed by atoms with E-state index in [2.05, 4.69) is 62.3 Å². The lowest BCUT2D eigenvalue weighted by Crippen LogP contribution is -2.23. The normalized spacial score (nSPS) is 17.9. The molecule has 1 aliphatic heterocycles. The van der Waals surface area contributed by atoms with Crippen molar-refractivity contribution in [3.63, 3.8) is 0 Å². The lowest BCUT2D eigenvalue weighted by molar-refractivity contribution is 0.243. The molecule has 1 aliphatic rings. The van der Waals surface area contributed by atoms with E-state index in [0.29, 0.717) is 6.04 Å². The highest BCUT2D eigenvalue weighted by Crippen LogP contribution is 2.35. The van der Waals surface area contributed by atoms with Gasteiger partial charge in [0.1, 0.15) is 0 Å². The van der Waals surface area contributed by atoms with E-state index >= 15 is 0 Å². The molecule has 130 valence electrons. The summed E-state index contributed by atoms with van der Waals surface area (Å²) in [5.41, 5.74) is 4.77. The Morgan fingerprint density at radius 3 is 2.92 bits per heavy atom. The smallest absolute Gasteiger partial charge is 0.0996 e. The number of pyridine rings is 2. The molecule has 4 nitrogen and oxygen atoms in total. The Kier molecular flexibility index (Phi) is 4.03. The van der Waals surface area contributed by atoms with Gasteiger partial charge in [-0.15, -0.1) is 11.3 Å². The second kappa shape index (κ2) is 6.67. The minimum atomic E-state index is 0.370. The van der Waals surface area contributed by atoms with Crippen molar-refractivity contribution in [2.75, 3.05) is 6.54 Å². The molecule has 0 spiro atoms. The zero-order valence-corrected chi connectivity index (χ0v) is 15.3. The molecular formula is C21H20N4S. The van der Waals surface area contributed by atoms with Gasteiger partial charge in [0.05, 0.1) is 29.3 Å². The van der Waals surface area contributed by atoms with Crippen LogP contribution in [0.1, 0.15) is 30.3 Å². The molecule has 4 aromatic rings. The van der Waals surface area contributed by atoms with Gasteiger partial charge in [0.15, 0.2) is 0 Å². The molecule has 0 unspecified atom stereocenters. The van der Waals surface area contributed by atoms with Crippen molar-refractivity contribution < 1.29 is 0 Å². The lowest BCUT2D eigenvalue weighted by Gasteiger charge is -2.23. The van der Waals surface area contributed by atoms with Crippen molar-refractivity contribution in [2.45, 2.75) is 25.4 Å². The summed E-state index contributed by atoms with van der Waals surface area (Å²) >= 11 is 1.77. The highest BCUT2D eigenvalue weighted by atomic mass is 32.1. The average molecular weight is 360 g/mol. The fourth-order valence-electron chi connectivity index (χ4n) is 3.89. The fraction of sp³-hybridized carbons (Fsp3) is 0.238. The van der Waals surface area contributed by atoms with Crippen molar-refractivity contribution in [2.24, 2.45) is 0 Å². The van der Waals surface area contributed by atoms with Crippen LogP contribution in [0.2, 0.25) is 0 Å². The third kappa shape index (κ3) is 2.83. The first-order valence-electron chi connectivity index (χ1n) is 9.03. The number of nitrogens with zero attached hydrogens (tertiary/aromatic N) is 4. The van der Waals surface area contributed by atoms with E-state index in [1.165, 1.54) is 28.1 Å². The summed E-state index contributed by atoms with van der Waals surface area (Å²) in [4.78, 5) is 13.1. The number of imidazole rings is 1. The predicted molar refractivity (Wildman–Crippen MR) is 105 cm³/mol. The van der Waals surface area contributed by atoms with Crippen molar-refractivity contribution >= 4 is 16.9 Å². The van der Waals surface area contributed by atoms with Gasteiger partial charge in [-0.05, 0) is 55.1 Å². The van der Waals surface area contributed by atoms with Crippen LogP contribution < -0.4 is 0 Å². The number of hydrogen-bond donors (Lipinski definition) is 0. The van der Waals surface area contributed by atoms with E-state index in [1.54, 1.807) is 11.3 Å².